The molecule has 0 N–H and O–H groups in total. The molecule has 0 bridgehead atoms. The number of halogens is 1. The molecule has 0 aliphatic carbocycles. The van der Waals surface area contributed by atoms with E-state index in [2.05, 4.69) is 29.6 Å². The Morgan fingerprint density at radius 3 is 2.24 bits per heavy atom. The molecule has 0 radical (unpaired) electrons. The van der Waals surface area contributed by atoms with E-state index in [1.54, 1.807) is 18.5 Å². The molecule has 1 aromatic carbocycles. The van der Waals surface area contributed by atoms with Crippen molar-refractivity contribution in [1.29, 1.82) is 0 Å². The highest BCUT2D eigenvalue weighted by Crippen LogP contribution is 2.16. The molecule has 1 heterocycles. The molecule has 2 rings (SSSR count). The molecule has 2 aromatic rings. The van der Waals surface area contributed by atoms with Crippen LogP contribution < -0.4 is 5.32 Å². The molecule has 0 amide bonds. The van der Waals surface area contributed by atoms with E-state index in [1.807, 2.05) is 6.07 Å². The van der Waals surface area contributed by atoms with E-state index >= 15 is 0 Å². The van der Waals surface area contributed by atoms with Gasteiger partial charge in [-0.3, -0.25) is 0 Å². The van der Waals surface area contributed by atoms with Gasteiger partial charge >= 0.3 is 0 Å². The first kappa shape index (κ1) is 11.9. The molecule has 0 saturated heterocycles. The Bertz CT molecular complexity index is 518. The lowest BCUT2D eigenvalue weighted by atomic mass is 10.1. The predicted octanol–water partition coefficient (Wildman–Crippen LogP) is 2.83. The lowest BCUT2D eigenvalue weighted by Gasteiger charge is -2.15. The molecule has 0 unspecified atom stereocenters. The van der Waals surface area contributed by atoms with E-state index in [1.165, 1.54) is 12.1 Å². The molecule has 1 aromatic heterocycles. The fraction of sp³-hybridized carbons (Fsp3) is 0.231. The third-order valence-corrected chi connectivity index (χ3v) is 4.39. The van der Waals surface area contributed by atoms with Crippen LogP contribution in [0.4, 0.5) is 4.39 Å². The van der Waals surface area contributed by atoms with Crippen LogP contribution in [-0.2, 0) is 0 Å². The van der Waals surface area contributed by atoms with Gasteiger partial charge in [0.1, 0.15) is 20.2 Å². The van der Waals surface area contributed by atoms with Gasteiger partial charge in [-0.15, -0.1) is 0 Å². The molecule has 88 valence electrons. The molecule has 0 atom stereocenters. The van der Waals surface area contributed by atoms with Gasteiger partial charge in [0, 0.05) is 10.9 Å². The summed E-state index contributed by atoms with van der Waals surface area (Å²) in [5, 5.41) is 1.12. The average molecular weight is 246 g/mol. The number of benzene rings is 1. The van der Waals surface area contributed by atoms with Crippen LogP contribution in [0.1, 0.15) is 0 Å². The highest BCUT2D eigenvalue weighted by molar-refractivity contribution is 6.88. The largest absolute Gasteiger partial charge is 0.246 e. The van der Waals surface area contributed by atoms with Crippen LogP contribution in [0, 0.1) is 5.82 Å². The normalized spacial score (nSPS) is 11.5. The fourth-order valence-corrected chi connectivity index (χ4v) is 2.56. The van der Waals surface area contributed by atoms with Gasteiger partial charge in [0.15, 0.2) is 0 Å². The van der Waals surface area contributed by atoms with Gasteiger partial charge < -0.3 is 0 Å². The molecule has 0 aliphatic heterocycles. The minimum atomic E-state index is -1.43. The summed E-state index contributed by atoms with van der Waals surface area (Å²) in [6.07, 6.45) is 1.59. The summed E-state index contributed by atoms with van der Waals surface area (Å²) in [6.45, 7) is 6.72. The van der Waals surface area contributed by atoms with Crippen molar-refractivity contribution in [2.75, 3.05) is 0 Å². The molecular weight excluding hydrogens is 231 g/mol. The van der Waals surface area contributed by atoms with Gasteiger partial charge in [-0.1, -0.05) is 19.6 Å². The van der Waals surface area contributed by atoms with Gasteiger partial charge in [-0.05, 0) is 30.3 Å². The Labute approximate surface area is 102 Å². The summed E-state index contributed by atoms with van der Waals surface area (Å²) in [4.78, 5) is 8.57. The number of rotatable bonds is 2. The van der Waals surface area contributed by atoms with Crippen molar-refractivity contribution in [3.63, 3.8) is 0 Å². The minimum Gasteiger partial charge on any atom is -0.246 e. The summed E-state index contributed by atoms with van der Waals surface area (Å²) in [7, 11) is -1.43. The third kappa shape index (κ3) is 2.77. The summed E-state index contributed by atoms with van der Waals surface area (Å²) in [5.41, 5.74) is 1.78. The average Bonchev–Trinajstić information content (AvgIpc) is 2.29. The van der Waals surface area contributed by atoms with Crippen molar-refractivity contribution in [2.24, 2.45) is 0 Å². The predicted molar refractivity (Wildman–Crippen MR) is 70.4 cm³/mol. The Hall–Kier alpha value is -1.55. The van der Waals surface area contributed by atoms with E-state index in [-0.39, 0.29) is 5.82 Å². The molecular formula is C13H15FN2Si. The summed E-state index contributed by atoms with van der Waals surface area (Å²) >= 11 is 0. The maximum absolute atomic E-state index is 12.8. The maximum atomic E-state index is 12.8. The van der Waals surface area contributed by atoms with E-state index in [4.69, 9.17) is 0 Å². The zero-order valence-corrected chi connectivity index (χ0v) is 11.2. The monoisotopic (exact) mass is 246 g/mol. The highest BCUT2D eigenvalue weighted by Gasteiger charge is 2.18. The van der Waals surface area contributed by atoms with Crippen LogP contribution in [0.3, 0.4) is 0 Å². The first-order valence-electron chi connectivity index (χ1n) is 5.55. The summed E-state index contributed by atoms with van der Waals surface area (Å²) < 4.78 is 12.8. The van der Waals surface area contributed by atoms with Crippen molar-refractivity contribution in [1.82, 2.24) is 9.97 Å². The standard InChI is InChI=1S/C13H15FN2Si/c1-17(2,3)13-8-12(15-9-16-13)10-4-6-11(14)7-5-10/h4-9H,1-3H3. The van der Waals surface area contributed by atoms with E-state index in [0.717, 1.165) is 16.6 Å². The lowest BCUT2D eigenvalue weighted by Crippen LogP contribution is -2.40. The van der Waals surface area contributed by atoms with Gasteiger partial charge in [0.2, 0.25) is 0 Å². The topological polar surface area (TPSA) is 25.8 Å². The molecule has 0 fully saturated rings. The Kier molecular flexibility index (Phi) is 3.06. The van der Waals surface area contributed by atoms with Gasteiger partial charge in [0.05, 0.1) is 5.69 Å². The van der Waals surface area contributed by atoms with Crippen LogP contribution in [0.15, 0.2) is 36.7 Å². The fourth-order valence-electron chi connectivity index (χ4n) is 1.55. The van der Waals surface area contributed by atoms with Crippen molar-refractivity contribution >= 4 is 13.4 Å². The van der Waals surface area contributed by atoms with Crippen LogP contribution >= 0.6 is 0 Å². The Morgan fingerprint density at radius 2 is 1.65 bits per heavy atom. The second-order valence-corrected chi connectivity index (χ2v) is 10.1. The van der Waals surface area contributed by atoms with Crippen LogP contribution in [-0.4, -0.2) is 18.0 Å². The van der Waals surface area contributed by atoms with Gasteiger partial charge in [0.25, 0.3) is 0 Å². The summed E-state index contributed by atoms with van der Waals surface area (Å²) in [5.74, 6) is -0.228. The number of nitrogens with zero attached hydrogens (tertiary/aromatic N) is 2. The van der Waals surface area contributed by atoms with Crippen LogP contribution in [0.2, 0.25) is 19.6 Å². The van der Waals surface area contributed by atoms with Crippen LogP contribution in [0.25, 0.3) is 11.3 Å². The zero-order chi connectivity index (χ0) is 12.5. The second-order valence-electron chi connectivity index (χ2n) is 5.05. The lowest BCUT2D eigenvalue weighted by molar-refractivity contribution is 0.628. The molecule has 17 heavy (non-hydrogen) atoms. The van der Waals surface area contributed by atoms with E-state index < -0.39 is 8.07 Å². The highest BCUT2D eigenvalue weighted by atomic mass is 28.3. The van der Waals surface area contributed by atoms with Crippen molar-refractivity contribution in [3.05, 3.63) is 42.5 Å². The van der Waals surface area contributed by atoms with Crippen molar-refractivity contribution < 1.29 is 4.39 Å². The SMILES string of the molecule is C[Si](C)(C)c1cc(-c2ccc(F)cc2)ncn1. The number of aromatic nitrogens is 2. The molecule has 4 heteroatoms. The molecule has 0 aliphatic rings. The Morgan fingerprint density at radius 1 is 1.00 bits per heavy atom. The van der Waals surface area contributed by atoms with E-state index in [9.17, 15) is 4.39 Å². The Balaban J connectivity index is 2.43. The maximum Gasteiger partial charge on any atom is 0.123 e. The van der Waals surface area contributed by atoms with E-state index in [0.29, 0.717) is 0 Å². The smallest absolute Gasteiger partial charge is 0.123 e. The van der Waals surface area contributed by atoms with Crippen molar-refractivity contribution in [3.8, 4) is 11.3 Å². The second kappa shape index (κ2) is 4.37. The molecule has 2 nitrogen and oxygen atoms in total. The van der Waals surface area contributed by atoms with Gasteiger partial charge in [-0.25, -0.2) is 14.4 Å². The quantitative estimate of drug-likeness (QED) is 0.761. The number of hydrogen-bond donors (Lipinski definition) is 0. The zero-order valence-electron chi connectivity index (χ0n) is 10.2. The third-order valence-electron chi connectivity index (χ3n) is 2.58. The molecule has 0 saturated carbocycles. The minimum absolute atomic E-state index is 0.228. The molecule has 0 spiro atoms. The number of hydrogen-bond acceptors (Lipinski definition) is 2. The van der Waals surface area contributed by atoms with Crippen LogP contribution in [0.5, 0.6) is 0 Å². The van der Waals surface area contributed by atoms with Gasteiger partial charge in [-0.2, -0.15) is 0 Å². The first-order valence-corrected chi connectivity index (χ1v) is 9.05. The first-order chi connectivity index (χ1) is 7.97. The summed E-state index contributed by atoms with van der Waals surface area (Å²) in [6, 6.07) is 8.40. The van der Waals surface area contributed by atoms with Crippen molar-refractivity contribution in [2.45, 2.75) is 19.6 Å².